The summed E-state index contributed by atoms with van der Waals surface area (Å²) in [7, 11) is 3.98. The van der Waals surface area contributed by atoms with Crippen molar-refractivity contribution in [2.45, 2.75) is 18.8 Å². The average Bonchev–Trinajstić information content (AvgIpc) is 3.42. The zero-order chi connectivity index (χ0) is 17.8. The lowest BCUT2D eigenvalue weighted by Crippen LogP contribution is -2.18. The van der Waals surface area contributed by atoms with Gasteiger partial charge in [-0.2, -0.15) is 0 Å². The number of benzene rings is 1. The molecular formula is C20H18N4OS. The van der Waals surface area contributed by atoms with Crippen molar-refractivity contribution >= 4 is 37.5 Å². The molecule has 1 aliphatic rings. The molecule has 0 unspecified atom stereocenters. The smallest absolute Gasteiger partial charge is 0.275 e. The topological polar surface area (TPSA) is 51.0 Å². The summed E-state index contributed by atoms with van der Waals surface area (Å²) in [4.78, 5) is 25.1. The van der Waals surface area contributed by atoms with Crippen LogP contribution < -0.4 is 10.5 Å². The summed E-state index contributed by atoms with van der Waals surface area (Å²) in [5, 5.41) is 0.952. The van der Waals surface area contributed by atoms with Crippen LogP contribution in [-0.4, -0.2) is 28.6 Å². The minimum Gasteiger partial charge on any atom is -0.377 e. The number of hydrogen-bond donors (Lipinski definition) is 0. The molecule has 5 nitrogen and oxygen atoms in total. The lowest BCUT2D eigenvalue weighted by molar-refractivity contribution is 0.960. The van der Waals surface area contributed by atoms with Gasteiger partial charge >= 0.3 is 0 Å². The fourth-order valence-electron chi connectivity index (χ4n) is 3.44. The molecule has 1 aliphatic carbocycles. The third-order valence-corrected chi connectivity index (χ3v) is 6.01. The first-order valence-corrected chi connectivity index (χ1v) is 9.51. The fraction of sp³-hybridized carbons (Fsp3) is 0.250. The fourth-order valence-corrected chi connectivity index (χ4v) is 4.49. The zero-order valence-corrected chi connectivity index (χ0v) is 15.5. The molecule has 130 valence electrons. The van der Waals surface area contributed by atoms with Crippen LogP contribution in [0.3, 0.4) is 0 Å². The van der Waals surface area contributed by atoms with E-state index in [4.69, 9.17) is 0 Å². The van der Waals surface area contributed by atoms with Gasteiger partial charge in [-0.3, -0.25) is 9.36 Å². The SMILES string of the molecule is CN(C)c1ccnc2sc3c(=O)n(-c4cccc(C5CC5)c4)cnc3c12. The van der Waals surface area contributed by atoms with Gasteiger partial charge in [0.1, 0.15) is 15.9 Å². The van der Waals surface area contributed by atoms with Crippen molar-refractivity contribution in [2.75, 3.05) is 19.0 Å². The maximum absolute atomic E-state index is 13.2. The number of thiophene rings is 1. The molecule has 0 aliphatic heterocycles. The Labute approximate surface area is 154 Å². The average molecular weight is 362 g/mol. The van der Waals surface area contributed by atoms with Crippen molar-refractivity contribution < 1.29 is 0 Å². The molecule has 0 saturated heterocycles. The van der Waals surface area contributed by atoms with Gasteiger partial charge in [0, 0.05) is 20.3 Å². The van der Waals surface area contributed by atoms with Crippen LogP contribution in [0.2, 0.25) is 0 Å². The van der Waals surface area contributed by atoms with Crippen LogP contribution in [0.25, 0.3) is 26.1 Å². The number of hydrogen-bond acceptors (Lipinski definition) is 5. The van der Waals surface area contributed by atoms with E-state index in [2.05, 4.69) is 22.1 Å². The summed E-state index contributed by atoms with van der Waals surface area (Å²) in [5.41, 5.74) is 3.92. The minimum absolute atomic E-state index is 0.0318. The number of pyridine rings is 1. The Morgan fingerprint density at radius 3 is 2.81 bits per heavy atom. The summed E-state index contributed by atoms with van der Waals surface area (Å²) >= 11 is 1.42. The summed E-state index contributed by atoms with van der Waals surface area (Å²) in [5.74, 6) is 0.651. The number of nitrogens with zero attached hydrogens (tertiary/aromatic N) is 4. The minimum atomic E-state index is -0.0318. The van der Waals surface area contributed by atoms with E-state index < -0.39 is 0 Å². The van der Waals surface area contributed by atoms with E-state index in [-0.39, 0.29) is 5.56 Å². The highest BCUT2D eigenvalue weighted by molar-refractivity contribution is 7.25. The van der Waals surface area contributed by atoms with E-state index in [1.165, 1.54) is 29.7 Å². The summed E-state index contributed by atoms with van der Waals surface area (Å²) in [6.45, 7) is 0. The first-order chi connectivity index (χ1) is 12.6. The molecule has 5 rings (SSSR count). The van der Waals surface area contributed by atoms with Gasteiger partial charge in [-0.15, -0.1) is 11.3 Å². The molecule has 1 fully saturated rings. The van der Waals surface area contributed by atoms with E-state index in [0.717, 1.165) is 27.1 Å². The predicted molar refractivity (Wildman–Crippen MR) is 107 cm³/mol. The molecule has 4 aromatic rings. The largest absolute Gasteiger partial charge is 0.377 e. The lowest BCUT2D eigenvalue weighted by atomic mass is 10.1. The standard InChI is InChI=1S/C20H18N4OS/c1-23(2)15-8-9-21-19-16(15)17-18(26-19)20(25)24(11-22-17)14-5-3-4-13(10-14)12-6-7-12/h3-5,8-12H,6-7H2,1-2H3. The van der Waals surface area contributed by atoms with Crippen LogP contribution in [0.5, 0.6) is 0 Å². The summed E-state index contributed by atoms with van der Waals surface area (Å²) < 4.78 is 2.31. The molecule has 26 heavy (non-hydrogen) atoms. The molecule has 1 saturated carbocycles. The third kappa shape index (κ3) is 2.33. The van der Waals surface area contributed by atoms with Crippen molar-refractivity contribution in [3.05, 3.63) is 58.8 Å². The Morgan fingerprint density at radius 1 is 1.19 bits per heavy atom. The summed E-state index contributed by atoms with van der Waals surface area (Å²) in [6.07, 6.45) is 5.91. The van der Waals surface area contributed by atoms with E-state index in [9.17, 15) is 4.79 Å². The molecule has 6 heteroatoms. The number of rotatable bonds is 3. The second-order valence-corrected chi connectivity index (χ2v) is 7.97. The first-order valence-electron chi connectivity index (χ1n) is 8.70. The Morgan fingerprint density at radius 2 is 2.04 bits per heavy atom. The number of anilines is 1. The van der Waals surface area contributed by atoms with Crippen LogP contribution in [0.1, 0.15) is 24.3 Å². The monoisotopic (exact) mass is 362 g/mol. The van der Waals surface area contributed by atoms with Gasteiger partial charge in [-0.1, -0.05) is 12.1 Å². The van der Waals surface area contributed by atoms with E-state index in [0.29, 0.717) is 10.6 Å². The Bertz CT molecular complexity index is 1200. The molecule has 1 aromatic carbocycles. The molecule has 0 spiro atoms. The first kappa shape index (κ1) is 15.5. The van der Waals surface area contributed by atoms with Gasteiger partial charge in [0.05, 0.1) is 22.3 Å². The van der Waals surface area contributed by atoms with Gasteiger partial charge in [0.2, 0.25) is 0 Å². The van der Waals surface area contributed by atoms with Crippen LogP contribution in [0.4, 0.5) is 5.69 Å². The Hall–Kier alpha value is -2.73. The van der Waals surface area contributed by atoms with Crippen molar-refractivity contribution in [1.82, 2.24) is 14.5 Å². The lowest BCUT2D eigenvalue weighted by Gasteiger charge is -2.13. The molecule has 0 bridgehead atoms. The molecule has 0 radical (unpaired) electrons. The molecule has 0 N–H and O–H groups in total. The van der Waals surface area contributed by atoms with Crippen LogP contribution in [0, 0.1) is 0 Å². The third-order valence-electron chi connectivity index (χ3n) is 4.94. The normalized spacial score (nSPS) is 14.2. The van der Waals surface area contributed by atoms with E-state index in [1.807, 2.05) is 37.2 Å². The van der Waals surface area contributed by atoms with Gasteiger partial charge in [0.15, 0.2) is 0 Å². The van der Waals surface area contributed by atoms with Gasteiger partial charge < -0.3 is 4.90 Å². The maximum Gasteiger partial charge on any atom is 0.275 e. The number of fused-ring (bicyclic) bond motifs is 3. The highest BCUT2D eigenvalue weighted by Gasteiger charge is 2.24. The highest BCUT2D eigenvalue weighted by Crippen LogP contribution is 2.40. The molecular weight excluding hydrogens is 344 g/mol. The second-order valence-electron chi connectivity index (χ2n) is 6.97. The van der Waals surface area contributed by atoms with Crippen LogP contribution >= 0.6 is 11.3 Å². The zero-order valence-electron chi connectivity index (χ0n) is 14.6. The van der Waals surface area contributed by atoms with Gasteiger partial charge in [0.25, 0.3) is 5.56 Å². The predicted octanol–water partition coefficient (Wildman–Crippen LogP) is 3.94. The molecule has 0 amide bonds. The second kappa shape index (κ2) is 5.64. The van der Waals surface area contributed by atoms with E-state index in [1.54, 1.807) is 17.1 Å². The van der Waals surface area contributed by atoms with Crippen molar-refractivity contribution in [1.29, 1.82) is 0 Å². The molecule has 0 atom stereocenters. The number of aromatic nitrogens is 3. The quantitative estimate of drug-likeness (QED) is 0.554. The highest BCUT2D eigenvalue weighted by atomic mass is 32.1. The van der Waals surface area contributed by atoms with Gasteiger partial charge in [-0.25, -0.2) is 9.97 Å². The van der Waals surface area contributed by atoms with Crippen LogP contribution in [0.15, 0.2) is 47.7 Å². The van der Waals surface area contributed by atoms with Crippen molar-refractivity contribution in [3.8, 4) is 5.69 Å². The van der Waals surface area contributed by atoms with Crippen LogP contribution in [-0.2, 0) is 0 Å². The van der Waals surface area contributed by atoms with Crippen molar-refractivity contribution in [3.63, 3.8) is 0 Å². The van der Waals surface area contributed by atoms with Crippen molar-refractivity contribution in [2.24, 2.45) is 0 Å². The Kier molecular flexibility index (Phi) is 3.37. The molecule has 3 heterocycles. The Balaban J connectivity index is 1.76. The molecule has 3 aromatic heterocycles. The maximum atomic E-state index is 13.2. The summed E-state index contributed by atoms with van der Waals surface area (Å²) in [6, 6.07) is 10.2. The van der Waals surface area contributed by atoms with E-state index >= 15 is 0 Å². The van der Waals surface area contributed by atoms with Gasteiger partial charge in [-0.05, 0) is 42.5 Å².